The molecule has 3 aliphatic rings. The van der Waals surface area contributed by atoms with Crippen LogP contribution in [0.5, 0.6) is 0 Å². The maximum atomic E-state index is 14.6. The van der Waals surface area contributed by atoms with Crippen molar-refractivity contribution in [1.29, 1.82) is 0 Å². The van der Waals surface area contributed by atoms with Gasteiger partial charge in [-0.05, 0) is 61.0 Å². The molecular formula is C50H75ClN6O11. The minimum atomic E-state index is -1.25. The van der Waals surface area contributed by atoms with Gasteiger partial charge in [0.25, 0.3) is 11.8 Å². The van der Waals surface area contributed by atoms with E-state index in [0.717, 1.165) is 6.42 Å². The van der Waals surface area contributed by atoms with Gasteiger partial charge in [-0.1, -0.05) is 91.1 Å². The van der Waals surface area contributed by atoms with Crippen LogP contribution in [0.3, 0.4) is 0 Å². The topological polar surface area (TPSA) is 212 Å². The van der Waals surface area contributed by atoms with E-state index in [1.54, 1.807) is 55.1 Å². The highest BCUT2D eigenvalue weighted by Gasteiger charge is 2.57. The van der Waals surface area contributed by atoms with E-state index in [1.165, 1.54) is 36.2 Å². The van der Waals surface area contributed by atoms with E-state index in [9.17, 15) is 43.5 Å². The highest BCUT2D eigenvalue weighted by Crippen LogP contribution is 2.50. The highest BCUT2D eigenvalue weighted by molar-refractivity contribution is 6.31. The van der Waals surface area contributed by atoms with E-state index in [4.69, 9.17) is 21.1 Å². The first-order chi connectivity index (χ1) is 32.1. The van der Waals surface area contributed by atoms with Gasteiger partial charge in [0.15, 0.2) is 0 Å². The second-order valence-corrected chi connectivity index (χ2v) is 20.0. The summed E-state index contributed by atoms with van der Waals surface area (Å²) in [5, 5.41) is 16.1. The number of piperidine rings is 1. The minimum Gasteiger partial charge on any atom is -0.480 e. The van der Waals surface area contributed by atoms with Crippen molar-refractivity contribution in [3.8, 4) is 0 Å². The first-order valence-corrected chi connectivity index (χ1v) is 24.5. The number of amides is 7. The van der Waals surface area contributed by atoms with Crippen LogP contribution >= 0.6 is 11.6 Å². The molecule has 4 unspecified atom stereocenters. The molecule has 1 aromatic carbocycles. The molecular weight excluding hydrogens is 896 g/mol. The molecule has 1 aromatic rings. The molecule has 2 aliphatic heterocycles. The molecule has 11 atom stereocenters. The van der Waals surface area contributed by atoms with E-state index < -0.39 is 66.1 Å². The lowest BCUT2D eigenvalue weighted by molar-refractivity contribution is -0.149. The summed E-state index contributed by atoms with van der Waals surface area (Å²) in [6.45, 7) is 13.2. The van der Waals surface area contributed by atoms with E-state index in [2.05, 4.69) is 10.6 Å². The highest BCUT2D eigenvalue weighted by atomic mass is 35.5. The van der Waals surface area contributed by atoms with Crippen molar-refractivity contribution < 1.29 is 52.9 Å². The molecule has 0 aromatic heterocycles. The van der Waals surface area contributed by atoms with Gasteiger partial charge in [-0.15, -0.1) is 0 Å². The molecule has 4 rings (SSSR count). The number of carbonyl (C=O) groups excluding carboxylic acids is 7. The maximum absolute atomic E-state index is 14.6. The van der Waals surface area contributed by atoms with E-state index in [-0.39, 0.29) is 85.1 Å². The summed E-state index contributed by atoms with van der Waals surface area (Å²) in [6.07, 6.45) is 4.75. The third kappa shape index (κ3) is 13.7. The van der Waals surface area contributed by atoms with Crippen LogP contribution in [0.4, 0.5) is 0 Å². The largest absolute Gasteiger partial charge is 0.480 e. The number of ether oxygens (including phenoxy) is 2. The zero-order valence-corrected chi connectivity index (χ0v) is 42.5. The third-order valence-electron chi connectivity index (χ3n) is 14.2. The number of hydrogen-bond donors (Lipinski definition) is 3. The number of fused-ring (bicyclic) bond motifs is 1. The van der Waals surface area contributed by atoms with Gasteiger partial charge in [0.1, 0.15) is 18.1 Å². The summed E-state index contributed by atoms with van der Waals surface area (Å²) in [6, 6.07) is 2.63. The molecule has 378 valence electrons. The summed E-state index contributed by atoms with van der Waals surface area (Å²) >= 11 is 6.31. The average Bonchev–Trinajstić information content (AvgIpc) is 3.84. The Balaban J connectivity index is 1.44. The SMILES string of the molecule is CCC(C)[C@@H](C(CC(=O)N1C2C[C@H]2C[C@H]1[C@H](OC)[C@@H](C)C(=O)NC(Cc1ccccc1Cl)C(=O)O)OC)N(C)C(=O)[C@@H](NC(=O)[C@H](C(C)C)N(C)C(=O)CCCCCN1C(=O)C=CC1=O)C(C)C. The van der Waals surface area contributed by atoms with Crippen LogP contribution < -0.4 is 10.6 Å². The Bertz CT molecular complexity index is 2000. The van der Waals surface area contributed by atoms with E-state index in [0.29, 0.717) is 42.7 Å². The smallest absolute Gasteiger partial charge is 0.326 e. The van der Waals surface area contributed by atoms with Crippen molar-refractivity contribution in [3.05, 3.63) is 47.0 Å². The minimum absolute atomic E-state index is 0.0194. The molecule has 18 heteroatoms. The lowest BCUT2D eigenvalue weighted by atomic mass is 9.89. The summed E-state index contributed by atoms with van der Waals surface area (Å²) < 4.78 is 12.0. The van der Waals surface area contributed by atoms with Crippen molar-refractivity contribution in [1.82, 2.24) is 30.2 Å². The lowest BCUT2D eigenvalue weighted by Gasteiger charge is -2.41. The average molecular weight is 972 g/mol. The number of aliphatic carboxylic acids is 1. The molecule has 3 N–H and O–H groups in total. The van der Waals surface area contributed by atoms with Crippen LogP contribution in [0.15, 0.2) is 36.4 Å². The number of carbonyl (C=O) groups is 8. The zero-order chi connectivity index (χ0) is 50.7. The number of nitrogens with one attached hydrogen (secondary N) is 2. The monoisotopic (exact) mass is 971 g/mol. The zero-order valence-electron chi connectivity index (χ0n) is 41.7. The van der Waals surface area contributed by atoms with E-state index >= 15 is 0 Å². The van der Waals surface area contributed by atoms with Gasteiger partial charge in [-0.25, -0.2) is 4.79 Å². The normalized spacial score (nSPS) is 21.1. The summed E-state index contributed by atoms with van der Waals surface area (Å²) in [4.78, 5) is 112. The number of likely N-dealkylation sites (N-methyl/N-ethyl adjacent to an activating group) is 2. The fraction of sp³-hybridized carbons (Fsp3) is 0.680. The lowest BCUT2D eigenvalue weighted by Crippen LogP contribution is -2.60. The van der Waals surface area contributed by atoms with Gasteiger partial charge in [-0.2, -0.15) is 0 Å². The number of carboxylic acid groups (broad SMARTS) is 1. The van der Waals surface area contributed by atoms with Crippen molar-refractivity contribution in [2.75, 3.05) is 34.9 Å². The van der Waals surface area contributed by atoms with Crippen molar-refractivity contribution in [2.45, 2.75) is 155 Å². The molecule has 68 heavy (non-hydrogen) atoms. The van der Waals surface area contributed by atoms with Crippen LogP contribution in [0, 0.1) is 29.6 Å². The van der Waals surface area contributed by atoms with Crippen LogP contribution in [-0.2, 0) is 54.3 Å². The van der Waals surface area contributed by atoms with Crippen LogP contribution in [-0.4, -0.2) is 155 Å². The number of benzene rings is 1. The molecule has 2 fully saturated rings. The predicted octanol–water partition coefficient (Wildman–Crippen LogP) is 4.48. The Labute approximate surface area is 407 Å². The number of rotatable bonds is 27. The van der Waals surface area contributed by atoms with Crippen LogP contribution in [0.1, 0.15) is 105 Å². The number of hydrogen-bond acceptors (Lipinski definition) is 10. The quantitative estimate of drug-likeness (QED) is 0.0827. The van der Waals surface area contributed by atoms with Crippen molar-refractivity contribution in [2.24, 2.45) is 29.6 Å². The fourth-order valence-electron chi connectivity index (χ4n) is 10.00. The Kier molecular flexibility index (Phi) is 20.6. The van der Waals surface area contributed by atoms with Gasteiger partial charge in [0.05, 0.1) is 36.6 Å². The summed E-state index contributed by atoms with van der Waals surface area (Å²) in [5.74, 6) is -5.12. The molecule has 1 aliphatic carbocycles. The van der Waals surface area contributed by atoms with Gasteiger partial charge in [0, 0.05) is 70.9 Å². The Hall–Kier alpha value is -4.87. The number of methoxy groups -OCH3 is 2. The molecule has 0 spiro atoms. The summed E-state index contributed by atoms with van der Waals surface area (Å²) in [5.41, 5.74) is 0.579. The molecule has 1 saturated carbocycles. The molecule has 0 bridgehead atoms. The second-order valence-electron chi connectivity index (χ2n) is 19.6. The Morgan fingerprint density at radius 3 is 2.06 bits per heavy atom. The molecule has 7 amide bonds. The molecule has 0 radical (unpaired) electrons. The van der Waals surface area contributed by atoms with Crippen LogP contribution in [0.25, 0.3) is 0 Å². The first kappa shape index (κ1) is 55.7. The number of unbranched alkanes of at least 4 members (excludes halogenated alkanes) is 2. The van der Waals surface area contributed by atoms with Crippen molar-refractivity contribution in [3.63, 3.8) is 0 Å². The van der Waals surface area contributed by atoms with Gasteiger partial charge < -0.3 is 39.9 Å². The number of carboxylic acids is 1. The fourth-order valence-corrected chi connectivity index (χ4v) is 10.2. The third-order valence-corrected chi connectivity index (χ3v) is 14.6. The first-order valence-electron chi connectivity index (χ1n) is 24.1. The number of nitrogens with zero attached hydrogens (tertiary/aromatic N) is 4. The maximum Gasteiger partial charge on any atom is 0.326 e. The summed E-state index contributed by atoms with van der Waals surface area (Å²) in [7, 11) is 6.22. The Morgan fingerprint density at radius 2 is 1.50 bits per heavy atom. The molecule has 17 nitrogen and oxygen atoms in total. The van der Waals surface area contributed by atoms with E-state index in [1.807, 2.05) is 41.5 Å². The molecule has 2 heterocycles. The standard InChI is InChI=1S/C50H75ClN6O11/c1-12-30(6)45(55(9)49(64)43(28(2)3)53-48(63)44(29(4)5)54(8)39(58)20-14-13-17-23-56-40(59)21-22-41(56)60)38(67-10)27-42(61)57-36-25-33(36)26-37(57)46(68-11)31(7)47(62)52-35(50(65)66)24-32-18-15-16-19-34(32)51/h15-16,18-19,21-22,28-31,33,35-38,43-46H,12-14,17,20,23-27H2,1-11H3,(H,52,62)(H,53,63)(H,65,66)/t30?,31-,33+,35?,36?,37+,38?,43+,44+,45+,46-/m1/s1. The molecule has 1 saturated heterocycles. The number of imide groups is 1. The predicted molar refractivity (Wildman–Crippen MR) is 256 cm³/mol. The number of likely N-dealkylation sites (tertiary alicyclic amines) is 1. The van der Waals surface area contributed by atoms with Gasteiger partial charge in [0.2, 0.25) is 29.5 Å². The van der Waals surface area contributed by atoms with Gasteiger partial charge >= 0.3 is 5.97 Å². The Morgan fingerprint density at radius 1 is 0.853 bits per heavy atom. The second kappa shape index (κ2) is 25.1. The van der Waals surface area contributed by atoms with Crippen LogP contribution in [0.2, 0.25) is 5.02 Å². The van der Waals surface area contributed by atoms with Gasteiger partial charge in [-0.3, -0.25) is 38.5 Å². The van der Waals surface area contributed by atoms with Crippen molar-refractivity contribution >= 4 is 58.9 Å². The number of halogens is 1.